The maximum absolute atomic E-state index is 6.11. The second kappa shape index (κ2) is 10.1. The van der Waals surface area contributed by atoms with Crippen LogP contribution in [0.2, 0.25) is 0 Å². The summed E-state index contributed by atoms with van der Waals surface area (Å²) in [6.45, 7) is 0. The summed E-state index contributed by atoms with van der Waals surface area (Å²) in [5, 5.41) is 0.615. The van der Waals surface area contributed by atoms with Crippen LogP contribution in [0.15, 0.2) is 0 Å². The van der Waals surface area contributed by atoms with Crippen LogP contribution in [0.5, 0.6) is 0 Å². The summed E-state index contributed by atoms with van der Waals surface area (Å²) < 4.78 is 6.98. The van der Waals surface area contributed by atoms with Crippen LogP contribution in [0.25, 0.3) is 0 Å². The average Bonchev–Trinajstić information content (AvgIpc) is 2.14. The molecule has 0 aliphatic carbocycles. The number of rotatable bonds is 8. The second-order valence-corrected chi connectivity index (χ2v) is 6.88. The zero-order valence-corrected chi connectivity index (χ0v) is 12.3. The van der Waals surface area contributed by atoms with Gasteiger partial charge >= 0.3 is 106 Å². The first-order valence-corrected chi connectivity index (χ1v) is 8.90. The zero-order valence-electron chi connectivity index (χ0n) is 7.80. The molecule has 0 bridgehead atoms. The monoisotopic (exact) mass is 358 g/mol. The van der Waals surface area contributed by atoms with Crippen molar-refractivity contribution in [1.29, 1.82) is 0 Å². The molecular weight excluding hydrogens is 344 g/mol. The second-order valence-electron chi connectivity index (χ2n) is 2.38. The van der Waals surface area contributed by atoms with E-state index in [0.29, 0.717) is 5.21 Å². The molecular formula is C7H15Cl2INOS-. The van der Waals surface area contributed by atoms with E-state index in [0.717, 1.165) is 14.9 Å². The fraction of sp³-hybridized carbons (Fsp3) is 1.00. The van der Waals surface area contributed by atoms with E-state index in [1.165, 1.54) is 0 Å². The first kappa shape index (κ1) is 14.6. The van der Waals surface area contributed by atoms with Crippen molar-refractivity contribution < 1.29 is 25.9 Å². The molecule has 0 saturated heterocycles. The minimum atomic E-state index is 0.0975. The van der Waals surface area contributed by atoms with Crippen LogP contribution >= 0.6 is 35.0 Å². The van der Waals surface area contributed by atoms with Gasteiger partial charge in [-0.2, -0.15) is 0 Å². The standard InChI is InChI=1S/C7H15Cl2INOS/c1-11(5-10-6-12-2)7(9)3-13-4-8/h7H,3-6H2,1-2H3/q-1/t7-/m0/s1. The van der Waals surface area contributed by atoms with E-state index in [4.69, 9.17) is 27.9 Å². The van der Waals surface area contributed by atoms with Gasteiger partial charge in [0.15, 0.2) is 0 Å². The Balaban J connectivity index is 3.38. The van der Waals surface area contributed by atoms with Gasteiger partial charge in [-0.1, -0.05) is 0 Å². The Hall–Kier alpha value is 1.58. The number of alkyl halides is 4. The first-order chi connectivity index (χ1) is 6.22. The molecule has 0 aromatic carbocycles. The summed E-state index contributed by atoms with van der Waals surface area (Å²) in [5.74, 6) is 0.887. The zero-order chi connectivity index (χ0) is 10.1. The third-order valence-corrected chi connectivity index (χ3v) is 5.73. The third kappa shape index (κ3) is 8.57. The molecule has 0 aliphatic heterocycles. The van der Waals surface area contributed by atoms with Crippen LogP contribution in [0.3, 0.4) is 0 Å². The van der Waals surface area contributed by atoms with Crippen molar-refractivity contribution in [3.8, 4) is 0 Å². The van der Waals surface area contributed by atoms with Gasteiger partial charge in [0.2, 0.25) is 0 Å². The Morgan fingerprint density at radius 3 is 2.85 bits per heavy atom. The van der Waals surface area contributed by atoms with Crippen molar-refractivity contribution in [2.45, 2.75) is 5.50 Å². The molecule has 0 fully saturated rings. The number of ether oxygens (including phenoxy) is 1. The molecule has 1 atom stereocenters. The molecule has 13 heavy (non-hydrogen) atoms. The Morgan fingerprint density at radius 1 is 1.62 bits per heavy atom. The Kier molecular flexibility index (Phi) is 11.3. The van der Waals surface area contributed by atoms with Crippen LogP contribution in [-0.2, 0) is 4.74 Å². The summed E-state index contributed by atoms with van der Waals surface area (Å²) >= 11 is 13.4. The van der Waals surface area contributed by atoms with Gasteiger partial charge < -0.3 is 0 Å². The van der Waals surface area contributed by atoms with Crippen molar-refractivity contribution in [3.63, 3.8) is 0 Å². The number of halogens is 3. The molecule has 0 N–H and O–H groups in total. The SMILES string of the molecule is COC[I-]CN(C)[C@H](Cl)CSCCl. The number of hydrogen-bond donors (Lipinski definition) is 0. The molecule has 0 aliphatic rings. The van der Waals surface area contributed by atoms with E-state index in [-0.39, 0.29) is 26.7 Å². The van der Waals surface area contributed by atoms with Gasteiger partial charge in [-0.05, 0) is 0 Å². The average molecular weight is 359 g/mol. The normalized spacial score (nSPS) is 13.9. The van der Waals surface area contributed by atoms with E-state index >= 15 is 0 Å². The molecule has 0 aromatic rings. The van der Waals surface area contributed by atoms with Gasteiger partial charge in [0.1, 0.15) is 0 Å². The van der Waals surface area contributed by atoms with Crippen molar-refractivity contribution in [2.24, 2.45) is 0 Å². The molecule has 82 valence electrons. The van der Waals surface area contributed by atoms with Gasteiger partial charge in [0.25, 0.3) is 0 Å². The minimum absolute atomic E-state index is 0.0975. The molecule has 0 aromatic heterocycles. The molecule has 2 nitrogen and oxygen atoms in total. The molecule has 0 radical (unpaired) electrons. The number of hydrogen-bond acceptors (Lipinski definition) is 3. The fourth-order valence-corrected chi connectivity index (χ4v) is 3.84. The van der Waals surface area contributed by atoms with Crippen LogP contribution in [-0.4, -0.2) is 44.7 Å². The molecule has 0 amide bonds. The van der Waals surface area contributed by atoms with Crippen LogP contribution in [0.4, 0.5) is 0 Å². The molecule has 0 spiro atoms. The van der Waals surface area contributed by atoms with Crippen molar-refractivity contribution >= 4 is 35.0 Å². The van der Waals surface area contributed by atoms with Crippen molar-refractivity contribution in [1.82, 2.24) is 4.90 Å². The van der Waals surface area contributed by atoms with Crippen molar-refractivity contribution in [3.05, 3.63) is 0 Å². The maximum atomic E-state index is 6.11. The van der Waals surface area contributed by atoms with E-state index < -0.39 is 0 Å². The summed E-state index contributed by atoms with van der Waals surface area (Å²) in [6.07, 6.45) is 0. The van der Waals surface area contributed by atoms with Crippen LogP contribution in [0, 0.1) is 0 Å². The predicted octanol–water partition coefficient (Wildman–Crippen LogP) is -0.937. The van der Waals surface area contributed by atoms with E-state index in [1.54, 1.807) is 18.9 Å². The summed E-state index contributed by atoms with van der Waals surface area (Å²) in [7, 11) is 3.78. The number of thioether (sulfide) groups is 1. The summed E-state index contributed by atoms with van der Waals surface area (Å²) in [4.78, 5) is 2.16. The fourth-order valence-electron chi connectivity index (χ4n) is 0.589. The van der Waals surface area contributed by atoms with E-state index in [1.807, 2.05) is 7.05 Å². The van der Waals surface area contributed by atoms with Gasteiger partial charge in [0, 0.05) is 0 Å². The van der Waals surface area contributed by atoms with Gasteiger partial charge in [-0.3, -0.25) is 0 Å². The number of methoxy groups -OCH3 is 1. The topological polar surface area (TPSA) is 12.5 Å². The summed E-state index contributed by atoms with van der Waals surface area (Å²) in [6, 6.07) is 0. The van der Waals surface area contributed by atoms with E-state index in [2.05, 4.69) is 4.90 Å². The van der Waals surface area contributed by atoms with Gasteiger partial charge in [0.05, 0.1) is 0 Å². The Labute approximate surface area is 105 Å². The Bertz CT molecular complexity index is 123. The van der Waals surface area contributed by atoms with Crippen LogP contribution < -0.4 is 21.2 Å². The quantitative estimate of drug-likeness (QED) is 0.240. The Morgan fingerprint density at radius 2 is 2.31 bits per heavy atom. The predicted molar refractivity (Wildman–Crippen MR) is 57.3 cm³/mol. The third-order valence-electron chi connectivity index (χ3n) is 1.27. The number of nitrogens with zero attached hydrogens (tertiary/aromatic N) is 1. The molecule has 0 heterocycles. The van der Waals surface area contributed by atoms with Crippen molar-refractivity contribution in [2.75, 3.05) is 34.3 Å². The van der Waals surface area contributed by atoms with E-state index in [9.17, 15) is 0 Å². The molecule has 0 rings (SSSR count). The van der Waals surface area contributed by atoms with Gasteiger partial charge in [-0.25, -0.2) is 0 Å². The van der Waals surface area contributed by atoms with Crippen LogP contribution in [0.1, 0.15) is 0 Å². The molecule has 6 heteroatoms. The molecule has 0 saturated carbocycles. The summed E-state index contributed by atoms with van der Waals surface area (Å²) in [5.41, 5.74) is 0.0975. The van der Waals surface area contributed by atoms with Gasteiger partial charge in [-0.15, -0.1) is 0 Å². The first-order valence-electron chi connectivity index (χ1n) is 3.72. The molecule has 0 unspecified atom stereocenters.